The average molecular weight is 255 g/mol. The summed E-state index contributed by atoms with van der Waals surface area (Å²) in [4.78, 5) is 15.5. The van der Waals surface area contributed by atoms with Gasteiger partial charge in [-0.2, -0.15) is 4.98 Å². The van der Waals surface area contributed by atoms with E-state index in [2.05, 4.69) is 4.98 Å². The molecule has 0 radical (unpaired) electrons. The summed E-state index contributed by atoms with van der Waals surface area (Å²) in [6.45, 7) is 1.62. The highest BCUT2D eigenvalue weighted by molar-refractivity contribution is 5.36. The van der Waals surface area contributed by atoms with Crippen LogP contribution in [0.5, 0.6) is 0 Å². The number of rotatable bonds is 3. The van der Waals surface area contributed by atoms with Gasteiger partial charge < -0.3 is 20.7 Å². The molecule has 1 aliphatic heterocycles. The van der Waals surface area contributed by atoms with Gasteiger partial charge in [0.1, 0.15) is 18.1 Å². The lowest BCUT2D eigenvalue weighted by molar-refractivity contribution is -0.0459. The Hall–Kier alpha value is -1.44. The molecule has 0 aliphatic carbocycles. The van der Waals surface area contributed by atoms with E-state index in [1.54, 1.807) is 6.20 Å². The zero-order valence-electron chi connectivity index (χ0n) is 10.1. The van der Waals surface area contributed by atoms with Crippen molar-refractivity contribution in [3.63, 3.8) is 0 Å². The number of nitrogens with zero attached hydrogens (tertiary/aromatic N) is 2. The van der Waals surface area contributed by atoms with Crippen molar-refractivity contribution in [3.05, 3.63) is 22.2 Å². The van der Waals surface area contributed by atoms with Crippen molar-refractivity contribution in [3.8, 4) is 0 Å². The van der Waals surface area contributed by atoms with Crippen LogP contribution in [0.25, 0.3) is 0 Å². The zero-order valence-corrected chi connectivity index (χ0v) is 10.1. The van der Waals surface area contributed by atoms with Crippen molar-refractivity contribution >= 4 is 5.82 Å². The van der Waals surface area contributed by atoms with Gasteiger partial charge in [0.15, 0.2) is 0 Å². The number of aliphatic hydroxyl groups excluding tert-OH is 2. The minimum absolute atomic E-state index is 0.219. The molecule has 7 nitrogen and oxygen atoms in total. The molecule has 0 spiro atoms. The number of nitrogen functional groups attached to an aromatic ring is 1. The van der Waals surface area contributed by atoms with E-state index in [1.807, 2.05) is 6.92 Å². The van der Waals surface area contributed by atoms with Crippen LogP contribution in [0.15, 0.2) is 11.0 Å². The first-order chi connectivity index (χ1) is 8.56. The Kier molecular flexibility index (Phi) is 3.65. The second-order valence-electron chi connectivity index (χ2n) is 4.31. The Bertz CT molecular complexity index is 488. The number of nitrogens with two attached hydrogens (primary N) is 1. The molecule has 0 bridgehead atoms. The predicted octanol–water partition coefficient (Wildman–Crippen LogP) is -0.971. The molecule has 18 heavy (non-hydrogen) atoms. The van der Waals surface area contributed by atoms with Crippen LogP contribution >= 0.6 is 0 Å². The van der Waals surface area contributed by atoms with Crippen molar-refractivity contribution in [2.75, 3.05) is 12.3 Å². The molecule has 1 saturated heterocycles. The third kappa shape index (κ3) is 2.24. The van der Waals surface area contributed by atoms with Crippen molar-refractivity contribution in [2.24, 2.45) is 0 Å². The van der Waals surface area contributed by atoms with Crippen molar-refractivity contribution in [2.45, 2.75) is 38.2 Å². The van der Waals surface area contributed by atoms with Gasteiger partial charge in [-0.05, 0) is 6.42 Å². The predicted molar refractivity (Wildman–Crippen MR) is 63.9 cm³/mol. The molecule has 0 amide bonds. The number of anilines is 1. The van der Waals surface area contributed by atoms with E-state index in [4.69, 9.17) is 15.6 Å². The topological polar surface area (TPSA) is 111 Å². The molecule has 3 atom stereocenters. The maximum absolute atomic E-state index is 11.7. The van der Waals surface area contributed by atoms with Crippen molar-refractivity contribution in [1.82, 2.24) is 9.55 Å². The molecule has 100 valence electrons. The molecule has 2 heterocycles. The summed E-state index contributed by atoms with van der Waals surface area (Å²) in [7, 11) is 0. The number of hydrogen-bond donors (Lipinski definition) is 3. The van der Waals surface area contributed by atoms with E-state index < -0.39 is 24.1 Å². The lowest BCUT2D eigenvalue weighted by Crippen LogP contribution is -2.29. The summed E-state index contributed by atoms with van der Waals surface area (Å²) in [5, 5.41) is 18.7. The van der Waals surface area contributed by atoms with Crippen LogP contribution in [0.3, 0.4) is 0 Å². The third-order valence-corrected chi connectivity index (χ3v) is 3.14. The van der Waals surface area contributed by atoms with Crippen LogP contribution in [0.2, 0.25) is 0 Å². The summed E-state index contributed by atoms with van der Waals surface area (Å²) in [6.07, 6.45) is 0.446. The quantitative estimate of drug-likeness (QED) is 0.641. The number of aryl methyl sites for hydroxylation is 1. The van der Waals surface area contributed by atoms with Gasteiger partial charge in [-0.1, -0.05) is 6.92 Å². The van der Waals surface area contributed by atoms with E-state index in [0.717, 1.165) is 5.56 Å². The van der Waals surface area contributed by atoms with Gasteiger partial charge in [0.05, 0.1) is 12.7 Å². The minimum atomic E-state index is -0.783. The van der Waals surface area contributed by atoms with Gasteiger partial charge in [-0.3, -0.25) is 4.57 Å². The smallest absolute Gasteiger partial charge is 0.351 e. The summed E-state index contributed by atoms with van der Waals surface area (Å²) in [6, 6.07) is 0. The van der Waals surface area contributed by atoms with Gasteiger partial charge in [-0.25, -0.2) is 4.79 Å². The lowest BCUT2D eigenvalue weighted by atomic mass is 10.2. The van der Waals surface area contributed by atoms with E-state index in [1.165, 1.54) is 4.57 Å². The number of aliphatic hydroxyl groups is 2. The van der Waals surface area contributed by atoms with E-state index in [-0.39, 0.29) is 18.8 Å². The van der Waals surface area contributed by atoms with Crippen LogP contribution in [0.1, 0.15) is 25.1 Å². The molecule has 1 unspecified atom stereocenters. The Labute approximate surface area is 104 Å². The number of ether oxygens (including phenoxy) is 1. The first-order valence-corrected chi connectivity index (χ1v) is 5.88. The molecule has 1 aromatic rings. The monoisotopic (exact) mass is 255 g/mol. The van der Waals surface area contributed by atoms with E-state index in [0.29, 0.717) is 6.42 Å². The highest BCUT2D eigenvalue weighted by Gasteiger charge is 2.35. The number of hydrogen-bond acceptors (Lipinski definition) is 6. The second-order valence-corrected chi connectivity index (χ2v) is 4.31. The van der Waals surface area contributed by atoms with Gasteiger partial charge in [0.2, 0.25) is 0 Å². The van der Waals surface area contributed by atoms with Gasteiger partial charge in [0, 0.05) is 18.2 Å². The molecule has 1 aromatic heterocycles. The molecule has 1 fully saturated rings. The largest absolute Gasteiger partial charge is 0.394 e. The van der Waals surface area contributed by atoms with Gasteiger partial charge >= 0.3 is 5.69 Å². The Morgan fingerprint density at radius 1 is 1.67 bits per heavy atom. The highest BCUT2D eigenvalue weighted by atomic mass is 16.5. The zero-order chi connectivity index (χ0) is 13.3. The fraction of sp³-hybridized carbons (Fsp3) is 0.636. The van der Waals surface area contributed by atoms with Gasteiger partial charge in [-0.15, -0.1) is 0 Å². The second kappa shape index (κ2) is 5.05. The SMILES string of the molecule is CCc1cn([C@H]2CC(O)[C@@H](CO)O2)c(=O)nc1N. The van der Waals surface area contributed by atoms with Crippen LogP contribution in [0, 0.1) is 0 Å². The summed E-state index contributed by atoms with van der Waals surface area (Å²) >= 11 is 0. The molecule has 2 rings (SSSR count). The Balaban J connectivity index is 2.32. The highest BCUT2D eigenvalue weighted by Crippen LogP contribution is 2.27. The van der Waals surface area contributed by atoms with E-state index in [9.17, 15) is 9.90 Å². The van der Waals surface area contributed by atoms with E-state index >= 15 is 0 Å². The van der Waals surface area contributed by atoms with Crippen molar-refractivity contribution < 1.29 is 14.9 Å². The summed E-state index contributed by atoms with van der Waals surface area (Å²) in [5.74, 6) is 0.219. The Morgan fingerprint density at radius 2 is 2.39 bits per heavy atom. The third-order valence-electron chi connectivity index (χ3n) is 3.14. The number of aromatic nitrogens is 2. The Morgan fingerprint density at radius 3 is 2.94 bits per heavy atom. The summed E-state index contributed by atoms with van der Waals surface area (Å²) in [5.41, 5.74) is 5.86. The first kappa shape index (κ1) is 13.0. The molecule has 0 saturated carbocycles. The van der Waals surface area contributed by atoms with Crippen LogP contribution < -0.4 is 11.4 Å². The van der Waals surface area contributed by atoms with Crippen molar-refractivity contribution in [1.29, 1.82) is 0 Å². The lowest BCUT2D eigenvalue weighted by Gasteiger charge is -2.15. The molecule has 1 aliphatic rings. The maximum atomic E-state index is 11.7. The standard InChI is InChI=1S/C11H17N3O4/c1-2-6-4-14(11(17)13-10(6)12)9-3-7(16)8(5-15)18-9/h4,7-9,15-16H,2-3,5H2,1H3,(H2,12,13,17)/t7?,8-,9-/m1/s1. The van der Waals surface area contributed by atoms with Crippen LogP contribution in [-0.4, -0.2) is 38.6 Å². The fourth-order valence-electron chi connectivity index (χ4n) is 2.05. The summed E-state index contributed by atoms with van der Waals surface area (Å²) < 4.78 is 6.72. The molecular formula is C11H17N3O4. The first-order valence-electron chi connectivity index (χ1n) is 5.88. The maximum Gasteiger partial charge on any atom is 0.351 e. The molecule has 7 heteroatoms. The van der Waals surface area contributed by atoms with Crippen LogP contribution in [0.4, 0.5) is 5.82 Å². The fourth-order valence-corrected chi connectivity index (χ4v) is 2.05. The van der Waals surface area contributed by atoms with Crippen LogP contribution in [-0.2, 0) is 11.2 Å². The molecule has 0 aromatic carbocycles. The molecule has 4 N–H and O–H groups in total. The molecular weight excluding hydrogens is 238 g/mol. The normalized spacial score (nSPS) is 27.6. The average Bonchev–Trinajstić information content (AvgIpc) is 2.70. The minimum Gasteiger partial charge on any atom is -0.394 e. The van der Waals surface area contributed by atoms with Gasteiger partial charge in [0.25, 0.3) is 0 Å².